The highest BCUT2D eigenvalue weighted by Gasteiger charge is 2.91. The third-order valence-corrected chi connectivity index (χ3v) is 7.93. The Labute approximate surface area is 137 Å². The molecule has 2 bridgehead atoms. The molecule has 0 aromatic heterocycles. The molecule has 3 heteroatoms. The van der Waals surface area contributed by atoms with E-state index in [0.29, 0.717) is 6.42 Å². The Bertz CT molecular complexity index is 777. The van der Waals surface area contributed by atoms with Crippen LogP contribution in [0.5, 0.6) is 0 Å². The Morgan fingerprint density at radius 1 is 1.00 bits per heavy atom. The van der Waals surface area contributed by atoms with Crippen molar-refractivity contribution in [2.24, 2.45) is 16.7 Å². The summed E-state index contributed by atoms with van der Waals surface area (Å²) in [6.07, 6.45) is 0.707. The van der Waals surface area contributed by atoms with Crippen LogP contribution in [0.15, 0.2) is 24.3 Å². The maximum absolute atomic E-state index is 10.2. The van der Waals surface area contributed by atoms with Crippen molar-refractivity contribution in [3.05, 3.63) is 35.4 Å². The molecule has 4 rings (SSSR count). The van der Waals surface area contributed by atoms with Crippen LogP contribution in [0.4, 0.5) is 0 Å². The zero-order chi connectivity index (χ0) is 16.9. The average Bonchev–Trinajstić information content (AvgIpc) is 2.68. The molecule has 23 heavy (non-hydrogen) atoms. The van der Waals surface area contributed by atoms with E-state index in [0.717, 1.165) is 11.1 Å². The molecule has 118 valence electrons. The summed E-state index contributed by atoms with van der Waals surface area (Å²) in [5.41, 5.74) is -0.289. The molecular formula is C20H22N2O. The summed E-state index contributed by atoms with van der Waals surface area (Å²) in [6.45, 7) is 8.61. The van der Waals surface area contributed by atoms with E-state index < -0.39 is 16.4 Å². The van der Waals surface area contributed by atoms with Crippen molar-refractivity contribution in [2.75, 3.05) is 7.11 Å². The Kier molecular flexibility index (Phi) is 2.32. The van der Waals surface area contributed by atoms with Crippen molar-refractivity contribution in [2.45, 2.75) is 50.5 Å². The second kappa shape index (κ2) is 3.63. The van der Waals surface area contributed by atoms with Gasteiger partial charge in [0.15, 0.2) is 0 Å². The first-order valence-corrected chi connectivity index (χ1v) is 8.23. The number of rotatable bonds is 1. The minimum absolute atomic E-state index is 0.0598. The van der Waals surface area contributed by atoms with Crippen molar-refractivity contribution in [1.29, 1.82) is 10.5 Å². The standard InChI is InChI=1S/C20H22N2O/c1-16(2)18(11-21)10-15-19(12-22,14-9-7-6-8-13(14)18)17(3,4)20(15,16)23-5/h6-9,15H,10H2,1-5H3/t15?,18-,19?,20?/m0/s1. The van der Waals surface area contributed by atoms with Gasteiger partial charge in [-0.05, 0) is 17.5 Å². The van der Waals surface area contributed by atoms with Crippen molar-refractivity contribution >= 4 is 0 Å². The highest BCUT2D eigenvalue weighted by molar-refractivity contribution is 5.64. The summed E-state index contributed by atoms with van der Waals surface area (Å²) in [5.74, 6) is 0.0598. The average molecular weight is 306 g/mol. The maximum atomic E-state index is 10.2. The Hall–Kier alpha value is -1.84. The third-order valence-electron chi connectivity index (χ3n) is 7.93. The fourth-order valence-electron chi connectivity index (χ4n) is 7.13. The van der Waals surface area contributed by atoms with Crippen LogP contribution >= 0.6 is 0 Å². The molecule has 3 nitrogen and oxygen atoms in total. The fraction of sp³-hybridized carbons (Fsp3) is 0.600. The lowest BCUT2D eigenvalue weighted by atomic mass is 9.34. The number of nitrogens with zero attached hydrogens (tertiary/aromatic N) is 2. The zero-order valence-corrected chi connectivity index (χ0v) is 14.4. The van der Waals surface area contributed by atoms with Crippen molar-refractivity contribution in [1.82, 2.24) is 0 Å². The van der Waals surface area contributed by atoms with Gasteiger partial charge in [-0.15, -0.1) is 0 Å². The van der Waals surface area contributed by atoms with Gasteiger partial charge in [-0.3, -0.25) is 0 Å². The first kappa shape index (κ1) is 14.7. The van der Waals surface area contributed by atoms with Crippen LogP contribution in [0.3, 0.4) is 0 Å². The van der Waals surface area contributed by atoms with Gasteiger partial charge in [-0.1, -0.05) is 52.0 Å². The van der Waals surface area contributed by atoms with Gasteiger partial charge in [0.05, 0.1) is 28.6 Å². The van der Waals surface area contributed by atoms with E-state index in [1.807, 2.05) is 12.1 Å². The molecule has 0 heterocycles. The molecule has 0 saturated heterocycles. The van der Waals surface area contributed by atoms with Gasteiger partial charge >= 0.3 is 0 Å². The molecule has 0 N–H and O–H groups in total. The van der Waals surface area contributed by atoms with Crippen LogP contribution in [-0.2, 0) is 15.6 Å². The van der Waals surface area contributed by atoms with Crippen LogP contribution < -0.4 is 0 Å². The predicted molar refractivity (Wildman–Crippen MR) is 86.4 cm³/mol. The fourth-order valence-corrected chi connectivity index (χ4v) is 7.13. The second-order valence-corrected chi connectivity index (χ2v) is 8.43. The molecule has 0 amide bonds. The number of benzene rings is 1. The van der Waals surface area contributed by atoms with Gasteiger partial charge in [0, 0.05) is 23.9 Å². The van der Waals surface area contributed by atoms with Crippen molar-refractivity contribution in [3.8, 4) is 12.1 Å². The summed E-state index contributed by atoms with van der Waals surface area (Å²) in [6, 6.07) is 13.4. The van der Waals surface area contributed by atoms with E-state index >= 15 is 0 Å². The molecule has 4 atom stereocenters. The number of nitriles is 2. The highest BCUT2D eigenvalue weighted by Crippen LogP contribution is 2.85. The molecule has 3 aliphatic rings. The van der Waals surface area contributed by atoms with Gasteiger partial charge < -0.3 is 4.74 Å². The lowest BCUT2D eigenvalue weighted by molar-refractivity contribution is -0.286. The van der Waals surface area contributed by atoms with Crippen molar-refractivity contribution in [3.63, 3.8) is 0 Å². The molecule has 1 aromatic rings. The first-order chi connectivity index (χ1) is 10.7. The van der Waals surface area contributed by atoms with Gasteiger partial charge in [-0.25, -0.2) is 0 Å². The van der Waals surface area contributed by atoms with Gasteiger partial charge in [0.1, 0.15) is 0 Å². The van der Waals surface area contributed by atoms with E-state index in [-0.39, 0.29) is 16.7 Å². The SMILES string of the molecule is COC12C3C[C@](C#N)(c4ccccc4C3(C#N)C1(C)C)C2(C)C. The number of hydrogen-bond donors (Lipinski definition) is 0. The smallest absolute Gasteiger partial charge is 0.0960 e. The zero-order valence-electron chi connectivity index (χ0n) is 14.4. The van der Waals surface area contributed by atoms with E-state index in [1.165, 1.54) is 0 Å². The molecule has 0 radical (unpaired) electrons. The summed E-state index contributed by atoms with van der Waals surface area (Å²) in [5, 5.41) is 20.5. The van der Waals surface area contributed by atoms with Crippen molar-refractivity contribution < 1.29 is 4.74 Å². The summed E-state index contributed by atoms with van der Waals surface area (Å²) in [7, 11) is 1.75. The van der Waals surface area contributed by atoms with E-state index in [2.05, 4.69) is 52.0 Å². The molecular weight excluding hydrogens is 284 g/mol. The minimum atomic E-state index is -0.599. The lowest BCUT2D eigenvalue weighted by Gasteiger charge is -2.71. The molecule has 1 aromatic carbocycles. The van der Waals surface area contributed by atoms with E-state index in [1.54, 1.807) is 7.11 Å². The molecule has 0 aliphatic heterocycles. The lowest BCUT2D eigenvalue weighted by Crippen LogP contribution is -2.78. The summed E-state index contributed by atoms with van der Waals surface area (Å²) >= 11 is 0. The number of ether oxygens (including phenoxy) is 1. The molecule has 2 fully saturated rings. The molecule has 3 unspecified atom stereocenters. The van der Waals surface area contributed by atoms with Gasteiger partial charge in [0.2, 0.25) is 0 Å². The number of methoxy groups -OCH3 is 1. The Morgan fingerprint density at radius 2 is 1.61 bits per heavy atom. The molecule has 2 saturated carbocycles. The van der Waals surface area contributed by atoms with Crippen LogP contribution in [0.1, 0.15) is 45.2 Å². The first-order valence-electron chi connectivity index (χ1n) is 8.23. The Morgan fingerprint density at radius 3 is 2.13 bits per heavy atom. The summed E-state index contributed by atoms with van der Waals surface area (Å²) in [4.78, 5) is 0. The summed E-state index contributed by atoms with van der Waals surface area (Å²) < 4.78 is 6.19. The second-order valence-electron chi connectivity index (χ2n) is 8.43. The van der Waals surface area contributed by atoms with E-state index in [9.17, 15) is 10.5 Å². The largest absolute Gasteiger partial charge is 0.377 e. The van der Waals surface area contributed by atoms with Crippen LogP contribution in [0, 0.1) is 39.4 Å². The van der Waals surface area contributed by atoms with Gasteiger partial charge in [0.25, 0.3) is 0 Å². The molecule has 3 aliphatic carbocycles. The van der Waals surface area contributed by atoms with Crippen LogP contribution in [-0.4, -0.2) is 12.7 Å². The maximum Gasteiger partial charge on any atom is 0.0960 e. The quantitative estimate of drug-likeness (QED) is 0.795. The topological polar surface area (TPSA) is 56.8 Å². The van der Waals surface area contributed by atoms with Gasteiger partial charge in [-0.2, -0.15) is 10.5 Å². The number of hydrogen-bond acceptors (Lipinski definition) is 3. The normalized spacial score (nSPS) is 43.7. The minimum Gasteiger partial charge on any atom is -0.377 e. The van der Waals surface area contributed by atoms with Crippen LogP contribution in [0.2, 0.25) is 0 Å². The third kappa shape index (κ3) is 0.961. The molecule has 0 spiro atoms. The number of fused-ring (bicyclic) bond motifs is 4. The monoisotopic (exact) mass is 306 g/mol. The Balaban J connectivity index is 2.22. The highest BCUT2D eigenvalue weighted by atomic mass is 16.5. The predicted octanol–water partition coefficient (Wildman–Crippen LogP) is 3.69. The van der Waals surface area contributed by atoms with Crippen LogP contribution in [0.25, 0.3) is 0 Å². The van der Waals surface area contributed by atoms with E-state index in [4.69, 9.17) is 4.74 Å².